The van der Waals surface area contributed by atoms with Gasteiger partial charge in [-0.1, -0.05) is 17.7 Å². The maximum absolute atomic E-state index is 11.2. The molecule has 0 bridgehead atoms. The van der Waals surface area contributed by atoms with Crippen molar-refractivity contribution in [3.05, 3.63) is 29.0 Å². The molecule has 0 aromatic carbocycles. The van der Waals surface area contributed by atoms with Crippen molar-refractivity contribution in [3.8, 4) is 0 Å². The molecule has 0 aliphatic rings. The largest absolute Gasteiger partial charge is 0.459 e. The predicted molar refractivity (Wildman–Crippen MR) is 61.7 cm³/mol. The third kappa shape index (κ3) is 6.21. The van der Waals surface area contributed by atoms with Crippen molar-refractivity contribution < 1.29 is 19.0 Å². The Morgan fingerprint density at radius 2 is 2.24 bits per heavy atom. The fourth-order valence-corrected chi connectivity index (χ4v) is 1.11. The third-order valence-electron chi connectivity index (χ3n) is 1.84. The second-order valence-electron chi connectivity index (χ2n) is 3.20. The highest BCUT2D eigenvalue weighted by molar-refractivity contribution is 6.29. The van der Waals surface area contributed by atoms with Crippen LogP contribution < -0.4 is 0 Å². The maximum Gasteiger partial charge on any atom is 0.332 e. The molecular formula is C11H14ClNO4. The molecule has 1 aromatic heterocycles. The number of ether oxygens (including phenoxy) is 3. The minimum Gasteiger partial charge on any atom is -0.459 e. The summed E-state index contributed by atoms with van der Waals surface area (Å²) in [5, 5.41) is 0.406. The predicted octanol–water partition coefficient (Wildman–Crippen LogP) is 1.44. The number of pyridine rings is 1. The molecule has 6 heteroatoms. The minimum atomic E-state index is -0.420. The summed E-state index contributed by atoms with van der Waals surface area (Å²) in [6.45, 7) is 0.906. The van der Waals surface area contributed by atoms with Gasteiger partial charge in [0.05, 0.1) is 13.2 Å². The van der Waals surface area contributed by atoms with E-state index in [0.717, 1.165) is 5.56 Å². The molecule has 0 saturated heterocycles. The first-order chi connectivity index (χ1) is 8.22. The average Bonchev–Trinajstić information content (AvgIpc) is 2.34. The Kier molecular flexibility index (Phi) is 6.54. The molecule has 0 saturated carbocycles. The second kappa shape index (κ2) is 8.00. The maximum atomic E-state index is 11.2. The van der Waals surface area contributed by atoms with Crippen LogP contribution in [0.5, 0.6) is 0 Å². The molecule has 0 spiro atoms. The molecule has 0 N–H and O–H groups in total. The first-order valence-corrected chi connectivity index (χ1v) is 5.43. The number of carbonyl (C=O) groups excluding carboxylic acids is 1. The normalized spacial score (nSPS) is 10.2. The van der Waals surface area contributed by atoms with Crippen molar-refractivity contribution >= 4 is 17.6 Å². The van der Waals surface area contributed by atoms with Gasteiger partial charge in [0.15, 0.2) is 0 Å². The lowest BCUT2D eigenvalue weighted by Gasteiger charge is -2.05. The Morgan fingerprint density at radius 1 is 1.41 bits per heavy atom. The molecule has 0 amide bonds. The van der Waals surface area contributed by atoms with Crippen LogP contribution in [-0.4, -0.2) is 37.9 Å². The monoisotopic (exact) mass is 259 g/mol. The molecule has 5 nitrogen and oxygen atoms in total. The minimum absolute atomic E-state index is 0.0790. The van der Waals surface area contributed by atoms with Crippen LogP contribution in [0.4, 0.5) is 0 Å². The number of nitrogens with zero attached hydrogens (tertiary/aromatic N) is 1. The summed E-state index contributed by atoms with van der Waals surface area (Å²) < 4.78 is 14.7. The Morgan fingerprint density at radius 3 is 2.88 bits per heavy atom. The van der Waals surface area contributed by atoms with E-state index in [1.807, 2.05) is 0 Å². The molecule has 1 rings (SSSR count). The van der Waals surface area contributed by atoms with E-state index >= 15 is 0 Å². The Balaban J connectivity index is 2.17. The first kappa shape index (κ1) is 13.9. The summed E-state index contributed by atoms with van der Waals surface area (Å²) in [5.41, 5.74) is 0.777. The van der Waals surface area contributed by atoms with E-state index in [9.17, 15) is 4.79 Å². The van der Waals surface area contributed by atoms with Gasteiger partial charge in [0.25, 0.3) is 0 Å². The standard InChI is InChI=1S/C11H14ClNO4/c1-15-4-5-16-8-11(14)17-7-9-2-3-10(12)13-6-9/h2-3,6H,4-5,7-8H2,1H3. The molecule has 17 heavy (non-hydrogen) atoms. The summed E-state index contributed by atoms with van der Waals surface area (Å²) in [6, 6.07) is 3.38. The topological polar surface area (TPSA) is 57.7 Å². The van der Waals surface area contributed by atoms with Crippen LogP contribution in [0.3, 0.4) is 0 Å². The van der Waals surface area contributed by atoms with Gasteiger partial charge in [0.2, 0.25) is 0 Å². The van der Waals surface area contributed by atoms with Gasteiger partial charge in [0, 0.05) is 18.9 Å². The summed E-state index contributed by atoms with van der Waals surface area (Å²) >= 11 is 5.62. The van der Waals surface area contributed by atoms with Gasteiger partial charge in [0.1, 0.15) is 18.4 Å². The third-order valence-corrected chi connectivity index (χ3v) is 2.06. The van der Waals surface area contributed by atoms with Crippen molar-refractivity contribution in [1.29, 1.82) is 0 Å². The van der Waals surface area contributed by atoms with Gasteiger partial charge in [-0.2, -0.15) is 0 Å². The van der Waals surface area contributed by atoms with Crippen molar-refractivity contribution in [2.24, 2.45) is 0 Å². The fraction of sp³-hybridized carbons (Fsp3) is 0.455. The molecule has 0 atom stereocenters. The molecule has 1 heterocycles. The number of hydrogen-bond donors (Lipinski definition) is 0. The van der Waals surface area contributed by atoms with E-state index in [0.29, 0.717) is 18.4 Å². The van der Waals surface area contributed by atoms with Crippen molar-refractivity contribution in [3.63, 3.8) is 0 Å². The Labute approximate surface area is 105 Å². The Hall–Kier alpha value is -1.17. The van der Waals surface area contributed by atoms with Gasteiger partial charge in [-0.3, -0.25) is 0 Å². The van der Waals surface area contributed by atoms with Crippen LogP contribution in [0.1, 0.15) is 5.56 Å². The zero-order valence-electron chi connectivity index (χ0n) is 9.52. The van der Waals surface area contributed by atoms with Crippen molar-refractivity contribution in [1.82, 2.24) is 4.98 Å². The van der Waals surface area contributed by atoms with Gasteiger partial charge >= 0.3 is 5.97 Å². The second-order valence-corrected chi connectivity index (χ2v) is 3.58. The Bertz CT molecular complexity index is 342. The highest BCUT2D eigenvalue weighted by Gasteiger charge is 2.03. The summed E-state index contributed by atoms with van der Waals surface area (Å²) in [7, 11) is 1.56. The van der Waals surface area contributed by atoms with Gasteiger partial charge in [-0.05, 0) is 6.07 Å². The van der Waals surface area contributed by atoms with Crippen LogP contribution in [0.2, 0.25) is 5.15 Å². The van der Waals surface area contributed by atoms with E-state index in [-0.39, 0.29) is 13.2 Å². The van der Waals surface area contributed by atoms with E-state index in [2.05, 4.69) is 4.98 Å². The van der Waals surface area contributed by atoms with Crippen molar-refractivity contribution in [2.75, 3.05) is 26.9 Å². The molecule has 0 aliphatic heterocycles. The van der Waals surface area contributed by atoms with Crippen LogP contribution in [0, 0.1) is 0 Å². The number of aromatic nitrogens is 1. The fourth-order valence-electron chi connectivity index (χ4n) is 0.995. The zero-order chi connectivity index (χ0) is 12.5. The quantitative estimate of drug-likeness (QED) is 0.421. The molecule has 94 valence electrons. The summed E-state index contributed by atoms with van der Waals surface area (Å²) in [6.07, 6.45) is 1.56. The van der Waals surface area contributed by atoms with Gasteiger partial charge < -0.3 is 14.2 Å². The number of esters is 1. The molecule has 0 fully saturated rings. The number of hydrogen-bond acceptors (Lipinski definition) is 5. The highest BCUT2D eigenvalue weighted by Crippen LogP contribution is 2.06. The SMILES string of the molecule is COCCOCC(=O)OCc1ccc(Cl)nc1. The van der Waals surface area contributed by atoms with E-state index in [1.54, 1.807) is 25.4 Å². The first-order valence-electron chi connectivity index (χ1n) is 5.05. The molecular weight excluding hydrogens is 246 g/mol. The van der Waals surface area contributed by atoms with Gasteiger partial charge in [-0.15, -0.1) is 0 Å². The smallest absolute Gasteiger partial charge is 0.332 e. The lowest BCUT2D eigenvalue weighted by atomic mass is 10.3. The molecule has 1 aromatic rings. The number of methoxy groups -OCH3 is 1. The number of rotatable bonds is 7. The molecule has 0 aliphatic carbocycles. The molecule has 0 radical (unpaired) electrons. The van der Waals surface area contributed by atoms with Crippen molar-refractivity contribution in [2.45, 2.75) is 6.61 Å². The molecule has 0 unspecified atom stereocenters. The van der Waals surface area contributed by atoms with Crippen LogP contribution in [-0.2, 0) is 25.6 Å². The van der Waals surface area contributed by atoms with E-state index in [1.165, 1.54) is 0 Å². The number of carbonyl (C=O) groups is 1. The highest BCUT2D eigenvalue weighted by atomic mass is 35.5. The average molecular weight is 260 g/mol. The van der Waals surface area contributed by atoms with E-state index in [4.69, 9.17) is 25.8 Å². The summed E-state index contributed by atoms with van der Waals surface area (Å²) in [4.78, 5) is 15.1. The van der Waals surface area contributed by atoms with Crippen LogP contribution in [0.25, 0.3) is 0 Å². The summed E-state index contributed by atoms with van der Waals surface area (Å²) in [5.74, 6) is -0.420. The van der Waals surface area contributed by atoms with Gasteiger partial charge in [-0.25, -0.2) is 9.78 Å². The zero-order valence-corrected chi connectivity index (χ0v) is 10.3. The lowest BCUT2D eigenvalue weighted by molar-refractivity contribution is -0.150. The van der Waals surface area contributed by atoms with Crippen LogP contribution in [0.15, 0.2) is 18.3 Å². The number of halogens is 1. The van der Waals surface area contributed by atoms with E-state index < -0.39 is 5.97 Å². The van der Waals surface area contributed by atoms with Crippen LogP contribution >= 0.6 is 11.6 Å². The lowest BCUT2D eigenvalue weighted by Crippen LogP contribution is -2.14.